The van der Waals surface area contributed by atoms with Crippen LogP contribution in [0.15, 0.2) is 24.3 Å². The van der Waals surface area contributed by atoms with Gasteiger partial charge in [0.1, 0.15) is 6.10 Å². The Balaban J connectivity index is 2.92. The molecule has 0 bridgehead atoms. The maximum atomic E-state index is 11.7. The average Bonchev–Trinajstić information content (AvgIpc) is 2.17. The second-order valence-electron chi connectivity index (χ2n) is 3.27. The molecule has 0 aliphatic heterocycles. The van der Waals surface area contributed by atoms with Gasteiger partial charge in [-0.15, -0.1) is 6.42 Å². The molecule has 4 heteroatoms. The molecular weight excluding hydrogens is 211 g/mol. The predicted octanol–water partition coefficient (Wildman–Crippen LogP) is 1.84. The van der Waals surface area contributed by atoms with Crippen molar-refractivity contribution < 1.29 is 14.0 Å². The minimum Gasteiger partial charge on any atom is -0.321 e. The second-order valence-corrected chi connectivity index (χ2v) is 5.04. The second kappa shape index (κ2) is 4.63. The van der Waals surface area contributed by atoms with Crippen LogP contribution in [0.3, 0.4) is 0 Å². The Morgan fingerprint density at radius 2 is 2.00 bits per heavy atom. The van der Waals surface area contributed by atoms with Crippen molar-refractivity contribution in [2.75, 3.05) is 0 Å². The lowest BCUT2D eigenvalue weighted by molar-refractivity contribution is 0.240. The summed E-state index contributed by atoms with van der Waals surface area (Å²) in [5.41, 5.74) is 1.02. The van der Waals surface area contributed by atoms with Crippen molar-refractivity contribution in [1.29, 1.82) is 0 Å². The van der Waals surface area contributed by atoms with Gasteiger partial charge in [0.05, 0.1) is 5.30 Å². The Morgan fingerprint density at radius 3 is 2.47 bits per heavy atom. The Kier molecular flexibility index (Phi) is 3.71. The van der Waals surface area contributed by atoms with Crippen LogP contribution >= 0.6 is 7.60 Å². The molecule has 2 atom stereocenters. The van der Waals surface area contributed by atoms with Crippen LogP contribution in [-0.4, -0.2) is 11.0 Å². The van der Waals surface area contributed by atoms with Gasteiger partial charge in [0.15, 0.2) is 0 Å². The van der Waals surface area contributed by atoms with E-state index in [0.29, 0.717) is 0 Å². The van der Waals surface area contributed by atoms with E-state index in [2.05, 4.69) is 5.92 Å². The molecule has 0 aliphatic carbocycles. The Bertz CT molecular complexity index is 416. The summed E-state index contributed by atoms with van der Waals surface area (Å²) in [5, 5.41) is 0.259. The maximum absolute atomic E-state index is 11.7. The highest BCUT2D eigenvalue weighted by Crippen LogP contribution is 2.41. The summed E-state index contributed by atoms with van der Waals surface area (Å²) in [7, 11) is -3.78. The molecule has 15 heavy (non-hydrogen) atoms. The summed E-state index contributed by atoms with van der Waals surface area (Å²) < 4.78 is 16.6. The molecule has 2 unspecified atom stereocenters. The Morgan fingerprint density at radius 1 is 1.47 bits per heavy atom. The summed E-state index contributed by atoms with van der Waals surface area (Å²) >= 11 is 0. The third-order valence-electron chi connectivity index (χ3n) is 1.90. The largest absolute Gasteiger partial charge is 0.359 e. The molecule has 1 N–H and O–H groups in total. The summed E-state index contributed by atoms with van der Waals surface area (Å²) in [6.07, 6.45) is 4.40. The molecule has 0 spiro atoms. The van der Waals surface area contributed by atoms with Gasteiger partial charge in [0, 0.05) is 0 Å². The fourth-order valence-corrected chi connectivity index (χ4v) is 2.18. The smallest absolute Gasteiger partial charge is 0.321 e. The minimum atomic E-state index is -3.78. The Hall–Kier alpha value is -1.07. The normalized spacial score (nSPS) is 16.4. The predicted molar refractivity (Wildman–Crippen MR) is 60.0 cm³/mol. The van der Waals surface area contributed by atoms with Crippen molar-refractivity contribution in [3.05, 3.63) is 29.8 Å². The van der Waals surface area contributed by atoms with Crippen molar-refractivity contribution in [1.82, 2.24) is 0 Å². The molecule has 0 saturated carbocycles. The van der Waals surface area contributed by atoms with E-state index in [9.17, 15) is 9.46 Å². The summed E-state index contributed by atoms with van der Waals surface area (Å²) in [5.74, 6) is 2.25. The van der Waals surface area contributed by atoms with Crippen molar-refractivity contribution >= 4 is 12.9 Å². The van der Waals surface area contributed by atoms with Gasteiger partial charge in [-0.05, 0) is 26.0 Å². The lowest BCUT2D eigenvalue weighted by Crippen LogP contribution is -2.11. The molecule has 80 valence electrons. The van der Waals surface area contributed by atoms with Gasteiger partial charge in [-0.25, -0.2) is 0 Å². The van der Waals surface area contributed by atoms with Crippen molar-refractivity contribution in [2.45, 2.75) is 20.0 Å². The topological polar surface area (TPSA) is 46.5 Å². The van der Waals surface area contributed by atoms with E-state index < -0.39 is 13.7 Å². The first-order chi connectivity index (χ1) is 6.95. The monoisotopic (exact) mass is 224 g/mol. The molecule has 3 nitrogen and oxygen atoms in total. The molecule has 1 rings (SSSR count). The standard InChI is InChI=1S/C11H13O3P/c1-4-10(3)14-15(12,13)11-7-5-9(2)6-8-11/h1,5-8,10H,2-3H3,(H,12,13). The highest BCUT2D eigenvalue weighted by Gasteiger charge is 2.24. The van der Waals surface area contributed by atoms with E-state index in [-0.39, 0.29) is 5.30 Å². The van der Waals surface area contributed by atoms with Crippen LogP contribution < -0.4 is 5.30 Å². The summed E-state index contributed by atoms with van der Waals surface area (Å²) in [6.45, 7) is 3.45. The van der Waals surface area contributed by atoms with Gasteiger partial charge in [0.25, 0.3) is 0 Å². The molecule has 0 radical (unpaired) electrons. The molecule has 0 aliphatic rings. The number of aryl methyl sites for hydroxylation is 1. The van der Waals surface area contributed by atoms with Crippen LogP contribution in [0.25, 0.3) is 0 Å². The van der Waals surface area contributed by atoms with Crippen LogP contribution in [-0.2, 0) is 9.09 Å². The average molecular weight is 224 g/mol. The summed E-state index contributed by atoms with van der Waals surface area (Å²) in [6, 6.07) is 6.64. The van der Waals surface area contributed by atoms with E-state index >= 15 is 0 Å². The lowest BCUT2D eigenvalue weighted by Gasteiger charge is -2.14. The molecule has 0 heterocycles. The molecule has 0 saturated heterocycles. The van der Waals surface area contributed by atoms with Gasteiger partial charge < -0.3 is 4.89 Å². The first-order valence-electron chi connectivity index (χ1n) is 4.50. The van der Waals surface area contributed by atoms with Gasteiger partial charge in [0.2, 0.25) is 0 Å². The molecule has 0 aromatic heterocycles. The molecule has 0 amide bonds. The van der Waals surface area contributed by atoms with Crippen molar-refractivity contribution in [3.63, 3.8) is 0 Å². The van der Waals surface area contributed by atoms with Gasteiger partial charge >= 0.3 is 7.60 Å². The van der Waals surface area contributed by atoms with E-state index in [1.165, 1.54) is 0 Å². The minimum absolute atomic E-state index is 0.259. The molecule has 1 aromatic carbocycles. The van der Waals surface area contributed by atoms with Gasteiger partial charge in [-0.1, -0.05) is 23.6 Å². The SMILES string of the molecule is C#CC(C)OP(=O)(O)c1ccc(C)cc1. The molecular formula is C11H13O3P. The summed E-state index contributed by atoms with van der Waals surface area (Å²) in [4.78, 5) is 9.62. The number of rotatable bonds is 3. The third kappa shape index (κ3) is 3.21. The van der Waals surface area contributed by atoms with Crippen molar-refractivity contribution in [3.8, 4) is 12.3 Å². The number of benzene rings is 1. The quantitative estimate of drug-likeness (QED) is 0.629. The maximum Gasteiger partial charge on any atom is 0.359 e. The molecule has 0 fully saturated rings. The van der Waals surface area contributed by atoms with Crippen LogP contribution in [0.2, 0.25) is 0 Å². The fourth-order valence-electron chi connectivity index (χ4n) is 1.04. The number of hydrogen-bond acceptors (Lipinski definition) is 2. The van der Waals surface area contributed by atoms with E-state index in [1.807, 2.05) is 6.92 Å². The first-order valence-corrected chi connectivity index (χ1v) is 6.08. The van der Waals surface area contributed by atoms with E-state index in [0.717, 1.165) is 5.56 Å². The van der Waals surface area contributed by atoms with Gasteiger partial charge in [-0.3, -0.25) is 9.09 Å². The van der Waals surface area contributed by atoms with Crippen LogP contribution in [0, 0.1) is 19.3 Å². The zero-order chi connectivity index (χ0) is 11.5. The van der Waals surface area contributed by atoms with Crippen molar-refractivity contribution in [2.24, 2.45) is 0 Å². The van der Waals surface area contributed by atoms with Crippen LogP contribution in [0.1, 0.15) is 12.5 Å². The highest BCUT2D eigenvalue weighted by atomic mass is 31.2. The van der Waals surface area contributed by atoms with E-state index in [4.69, 9.17) is 10.9 Å². The van der Waals surface area contributed by atoms with Gasteiger partial charge in [-0.2, -0.15) is 0 Å². The van der Waals surface area contributed by atoms with Crippen LogP contribution in [0.5, 0.6) is 0 Å². The number of terminal acetylenes is 1. The van der Waals surface area contributed by atoms with Crippen LogP contribution in [0.4, 0.5) is 0 Å². The highest BCUT2D eigenvalue weighted by molar-refractivity contribution is 7.61. The zero-order valence-electron chi connectivity index (χ0n) is 8.68. The Labute approximate surface area is 89.6 Å². The lowest BCUT2D eigenvalue weighted by atomic mass is 10.2. The third-order valence-corrected chi connectivity index (χ3v) is 3.45. The molecule has 1 aromatic rings. The zero-order valence-corrected chi connectivity index (χ0v) is 9.57. The fraction of sp³-hybridized carbons (Fsp3) is 0.273. The number of hydrogen-bond donors (Lipinski definition) is 1. The first kappa shape index (κ1) is 12.0. The van der Waals surface area contributed by atoms with E-state index in [1.54, 1.807) is 31.2 Å².